The van der Waals surface area contributed by atoms with Crippen molar-refractivity contribution in [2.75, 3.05) is 26.2 Å². The van der Waals surface area contributed by atoms with E-state index in [0.29, 0.717) is 37.1 Å². The van der Waals surface area contributed by atoms with Crippen molar-refractivity contribution in [1.82, 2.24) is 9.21 Å². The van der Waals surface area contributed by atoms with Gasteiger partial charge >= 0.3 is 0 Å². The SMILES string of the molecule is Cc1cc(C[C@@H](C)C(=O)N2CCC(C3CCN(S(=O)(=O)C4CC4)CC3)CC2)cc(C)c1O. The first-order valence-corrected chi connectivity index (χ1v) is 13.7. The standard InChI is InChI=1S/C25H38N2O4S/c1-17-14-20(15-18(2)24(17)28)16-19(3)25(29)26-10-6-21(7-11-26)22-8-12-27(13-9-22)32(30,31)23-4-5-23/h14-15,19,21-23,28H,4-13,16H2,1-3H3/t19-/m1/s1. The number of likely N-dealkylation sites (tertiary alicyclic amines) is 1. The Morgan fingerprint density at radius 3 is 1.97 bits per heavy atom. The molecule has 3 fully saturated rings. The van der Waals surface area contributed by atoms with E-state index >= 15 is 0 Å². The molecule has 3 aliphatic rings. The topological polar surface area (TPSA) is 77.9 Å². The molecule has 0 unspecified atom stereocenters. The third-order valence-corrected chi connectivity index (χ3v) is 10.2. The number of aryl methyl sites for hydroxylation is 2. The third-order valence-electron chi connectivity index (χ3n) is 7.84. The van der Waals surface area contributed by atoms with Gasteiger partial charge in [0.2, 0.25) is 15.9 Å². The Balaban J connectivity index is 1.25. The van der Waals surface area contributed by atoms with Gasteiger partial charge in [-0.05, 0) is 87.3 Å². The van der Waals surface area contributed by atoms with E-state index in [2.05, 4.69) is 0 Å². The van der Waals surface area contributed by atoms with Gasteiger partial charge in [0.05, 0.1) is 5.25 Å². The molecule has 0 spiro atoms. The maximum Gasteiger partial charge on any atom is 0.225 e. The minimum absolute atomic E-state index is 0.0780. The predicted molar refractivity (Wildman–Crippen MR) is 126 cm³/mol. The zero-order valence-corrected chi connectivity index (χ0v) is 20.5. The van der Waals surface area contributed by atoms with E-state index in [9.17, 15) is 18.3 Å². The molecule has 2 saturated heterocycles. The molecule has 6 nitrogen and oxygen atoms in total. The first-order chi connectivity index (χ1) is 15.2. The molecule has 32 heavy (non-hydrogen) atoms. The number of carbonyl (C=O) groups is 1. The van der Waals surface area contributed by atoms with Crippen LogP contribution in [0, 0.1) is 31.6 Å². The van der Waals surface area contributed by atoms with E-state index in [4.69, 9.17) is 0 Å². The van der Waals surface area contributed by atoms with E-state index in [1.807, 2.05) is 37.8 Å². The Morgan fingerprint density at radius 2 is 1.47 bits per heavy atom. The van der Waals surface area contributed by atoms with Crippen molar-refractivity contribution in [1.29, 1.82) is 0 Å². The van der Waals surface area contributed by atoms with Crippen LogP contribution in [0.4, 0.5) is 0 Å². The summed E-state index contributed by atoms with van der Waals surface area (Å²) in [6.45, 7) is 8.76. The van der Waals surface area contributed by atoms with Gasteiger partial charge in [-0.3, -0.25) is 4.79 Å². The highest BCUT2D eigenvalue weighted by Gasteiger charge is 2.42. The molecule has 0 bridgehead atoms. The number of rotatable bonds is 6. The van der Waals surface area contributed by atoms with Gasteiger partial charge in [0.1, 0.15) is 5.75 Å². The van der Waals surface area contributed by atoms with Gasteiger partial charge in [0.25, 0.3) is 0 Å². The molecule has 178 valence electrons. The molecule has 0 aromatic heterocycles. The summed E-state index contributed by atoms with van der Waals surface area (Å²) in [5.41, 5.74) is 2.81. The largest absolute Gasteiger partial charge is 0.507 e. The Labute approximate surface area is 193 Å². The van der Waals surface area contributed by atoms with Crippen LogP contribution in [0.25, 0.3) is 0 Å². The predicted octanol–water partition coefficient (Wildman–Crippen LogP) is 3.63. The maximum atomic E-state index is 13.0. The Bertz CT molecular complexity index is 918. The highest BCUT2D eigenvalue weighted by Crippen LogP contribution is 2.37. The molecule has 1 atom stereocenters. The molecule has 0 radical (unpaired) electrons. The van der Waals surface area contributed by atoms with Crippen LogP contribution in [0.1, 0.15) is 62.1 Å². The van der Waals surface area contributed by atoms with Gasteiger partial charge in [-0.2, -0.15) is 0 Å². The number of phenols is 1. The average molecular weight is 463 g/mol. The fraction of sp³-hybridized carbons (Fsp3) is 0.720. The van der Waals surface area contributed by atoms with Crippen LogP contribution < -0.4 is 0 Å². The van der Waals surface area contributed by atoms with E-state index in [0.717, 1.165) is 68.3 Å². The second-order valence-electron chi connectivity index (χ2n) is 10.3. The second-order valence-corrected chi connectivity index (χ2v) is 12.5. The summed E-state index contributed by atoms with van der Waals surface area (Å²) in [5.74, 6) is 1.66. The Hall–Kier alpha value is -1.60. The number of sulfonamides is 1. The highest BCUT2D eigenvalue weighted by atomic mass is 32.2. The zero-order chi connectivity index (χ0) is 23.0. The number of piperidine rings is 2. The van der Waals surface area contributed by atoms with Crippen LogP contribution in [-0.4, -0.2) is 60.1 Å². The van der Waals surface area contributed by atoms with Crippen LogP contribution >= 0.6 is 0 Å². The summed E-state index contributed by atoms with van der Waals surface area (Å²) in [7, 11) is -3.04. The van der Waals surface area contributed by atoms with Crippen molar-refractivity contribution in [3.63, 3.8) is 0 Å². The maximum absolute atomic E-state index is 13.0. The first-order valence-electron chi connectivity index (χ1n) is 12.2. The fourth-order valence-electron chi connectivity index (χ4n) is 5.69. The fourth-order valence-corrected chi connectivity index (χ4v) is 7.56. The van der Waals surface area contributed by atoms with Crippen molar-refractivity contribution in [3.8, 4) is 5.75 Å². The Kier molecular flexibility index (Phi) is 6.87. The first kappa shape index (κ1) is 23.6. The molecular formula is C25H38N2O4S. The highest BCUT2D eigenvalue weighted by molar-refractivity contribution is 7.90. The van der Waals surface area contributed by atoms with Crippen LogP contribution in [0.3, 0.4) is 0 Å². The van der Waals surface area contributed by atoms with Crippen molar-refractivity contribution in [3.05, 3.63) is 28.8 Å². The average Bonchev–Trinajstić information content (AvgIpc) is 3.63. The smallest absolute Gasteiger partial charge is 0.225 e. The number of hydrogen-bond donors (Lipinski definition) is 1. The lowest BCUT2D eigenvalue weighted by molar-refractivity contribution is -0.136. The number of amides is 1. The van der Waals surface area contributed by atoms with Crippen LogP contribution in [0.5, 0.6) is 5.75 Å². The number of aromatic hydroxyl groups is 1. The molecule has 2 heterocycles. The lowest BCUT2D eigenvalue weighted by atomic mass is 9.79. The summed E-state index contributed by atoms with van der Waals surface area (Å²) >= 11 is 0. The van der Waals surface area contributed by atoms with Crippen molar-refractivity contribution in [2.24, 2.45) is 17.8 Å². The number of carbonyl (C=O) groups excluding carboxylic acids is 1. The molecule has 1 amide bonds. The van der Waals surface area contributed by atoms with E-state index in [1.165, 1.54) is 0 Å². The monoisotopic (exact) mass is 462 g/mol. The third kappa shape index (κ3) is 4.98. The van der Waals surface area contributed by atoms with Gasteiger partial charge in [0, 0.05) is 32.1 Å². The van der Waals surface area contributed by atoms with Gasteiger partial charge in [0.15, 0.2) is 0 Å². The van der Waals surface area contributed by atoms with Gasteiger partial charge in [-0.25, -0.2) is 12.7 Å². The summed E-state index contributed by atoms with van der Waals surface area (Å²) in [6, 6.07) is 3.96. The summed E-state index contributed by atoms with van der Waals surface area (Å²) < 4.78 is 26.7. The van der Waals surface area contributed by atoms with E-state index < -0.39 is 10.0 Å². The summed E-state index contributed by atoms with van der Waals surface area (Å²) in [4.78, 5) is 15.1. The van der Waals surface area contributed by atoms with Crippen molar-refractivity contribution >= 4 is 15.9 Å². The molecule has 1 N–H and O–H groups in total. The van der Waals surface area contributed by atoms with Gasteiger partial charge in [-0.1, -0.05) is 19.1 Å². The number of phenolic OH excluding ortho intramolecular Hbond substituents is 1. The summed E-state index contributed by atoms with van der Waals surface area (Å²) in [6.07, 6.45) is 6.32. The summed E-state index contributed by atoms with van der Waals surface area (Å²) in [5, 5.41) is 9.88. The minimum atomic E-state index is -3.04. The van der Waals surface area contributed by atoms with Gasteiger partial charge < -0.3 is 10.0 Å². The molecule has 1 aliphatic carbocycles. The Morgan fingerprint density at radius 1 is 0.969 bits per heavy atom. The molecule has 2 aliphatic heterocycles. The molecule has 4 rings (SSSR count). The van der Waals surface area contributed by atoms with Crippen LogP contribution in [-0.2, 0) is 21.2 Å². The molecule has 7 heteroatoms. The lowest BCUT2D eigenvalue weighted by Crippen LogP contribution is -2.45. The molecule has 1 aromatic rings. The molecule has 1 aromatic carbocycles. The zero-order valence-electron chi connectivity index (χ0n) is 19.7. The molecular weight excluding hydrogens is 424 g/mol. The number of hydrogen-bond acceptors (Lipinski definition) is 4. The number of benzene rings is 1. The normalized spacial score (nSPS) is 22.8. The van der Waals surface area contributed by atoms with Crippen molar-refractivity contribution in [2.45, 2.75) is 71.0 Å². The van der Waals surface area contributed by atoms with Crippen LogP contribution in [0.15, 0.2) is 12.1 Å². The van der Waals surface area contributed by atoms with Crippen molar-refractivity contribution < 1.29 is 18.3 Å². The number of nitrogens with zero attached hydrogens (tertiary/aromatic N) is 2. The van der Waals surface area contributed by atoms with E-state index in [1.54, 1.807) is 4.31 Å². The second kappa shape index (κ2) is 9.34. The minimum Gasteiger partial charge on any atom is -0.507 e. The quantitative estimate of drug-likeness (QED) is 0.700. The van der Waals surface area contributed by atoms with E-state index in [-0.39, 0.29) is 17.1 Å². The van der Waals surface area contributed by atoms with Crippen LogP contribution in [0.2, 0.25) is 0 Å². The lowest BCUT2D eigenvalue weighted by Gasteiger charge is -2.40. The van der Waals surface area contributed by atoms with Gasteiger partial charge in [-0.15, -0.1) is 0 Å². The molecule has 1 saturated carbocycles.